The Balaban J connectivity index is 1.70. The molecule has 2 aliphatic heterocycles. The smallest absolute Gasteiger partial charge is 0.257 e. The van der Waals surface area contributed by atoms with Crippen molar-refractivity contribution in [2.24, 2.45) is 11.3 Å². The molecule has 1 fully saturated rings. The van der Waals surface area contributed by atoms with E-state index >= 15 is 0 Å². The van der Waals surface area contributed by atoms with Crippen LogP contribution in [0.1, 0.15) is 46.3 Å². The van der Waals surface area contributed by atoms with E-state index in [1.807, 2.05) is 0 Å². The van der Waals surface area contributed by atoms with Gasteiger partial charge in [-0.05, 0) is 6.07 Å². The molecule has 4 rings (SSSR count). The number of pyridine rings is 1. The molecule has 0 aliphatic carbocycles. The maximum Gasteiger partial charge on any atom is 0.257 e. The van der Waals surface area contributed by atoms with E-state index in [1.165, 1.54) is 16.8 Å². The first-order chi connectivity index (χ1) is 14.1. The Bertz CT molecular complexity index is 1130. The number of hydrogen-bond donors (Lipinski definition) is 2. The van der Waals surface area contributed by atoms with E-state index in [0.717, 1.165) is 6.07 Å². The summed E-state index contributed by atoms with van der Waals surface area (Å²) in [7, 11) is 0. The van der Waals surface area contributed by atoms with E-state index in [0.29, 0.717) is 12.7 Å². The van der Waals surface area contributed by atoms with Crippen LogP contribution in [0, 0.1) is 23.0 Å². The third kappa shape index (κ3) is 3.00. The first-order valence-electron chi connectivity index (χ1n) is 9.45. The van der Waals surface area contributed by atoms with Gasteiger partial charge in [0.2, 0.25) is 5.43 Å². The molecule has 7 nitrogen and oxygen atoms in total. The van der Waals surface area contributed by atoms with Gasteiger partial charge in [0, 0.05) is 35.7 Å². The zero-order valence-electron chi connectivity index (χ0n) is 16.4. The van der Waals surface area contributed by atoms with E-state index in [4.69, 9.17) is 4.74 Å². The van der Waals surface area contributed by atoms with Crippen molar-refractivity contribution in [3.05, 3.63) is 63.1 Å². The van der Waals surface area contributed by atoms with Gasteiger partial charge in [0.05, 0.1) is 19.3 Å². The fourth-order valence-electron chi connectivity index (χ4n) is 4.18. The van der Waals surface area contributed by atoms with Crippen LogP contribution in [-0.4, -0.2) is 34.6 Å². The number of amides is 1. The Hall–Kier alpha value is -3.07. The number of aromatic nitrogens is 1. The van der Waals surface area contributed by atoms with Crippen molar-refractivity contribution in [2.45, 2.75) is 26.4 Å². The second-order valence-corrected chi connectivity index (χ2v) is 8.16. The van der Waals surface area contributed by atoms with Crippen LogP contribution < -0.4 is 10.7 Å². The number of halogens is 2. The molecule has 2 unspecified atom stereocenters. The summed E-state index contributed by atoms with van der Waals surface area (Å²) in [4.78, 5) is 38.2. The van der Waals surface area contributed by atoms with Crippen LogP contribution in [0.5, 0.6) is 5.75 Å². The van der Waals surface area contributed by atoms with Crippen molar-refractivity contribution in [2.75, 3.05) is 13.2 Å². The largest absolute Gasteiger partial charge is 0.503 e. The number of carbonyl (C=O) groups excluding carboxylic acids is 2. The summed E-state index contributed by atoms with van der Waals surface area (Å²) >= 11 is 0. The molecule has 0 bridgehead atoms. The minimum Gasteiger partial charge on any atom is -0.503 e. The fraction of sp³-hybridized carbons (Fsp3) is 0.381. The lowest BCUT2D eigenvalue weighted by Gasteiger charge is -2.40. The van der Waals surface area contributed by atoms with Crippen LogP contribution in [-0.2, 0) is 11.3 Å². The van der Waals surface area contributed by atoms with Gasteiger partial charge in [-0.1, -0.05) is 19.9 Å². The third-order valence-corrected chi connectivity index (χ3v) is 6.04. The van der Waals surface area contributed by atoms with Crippen molar-refractivity contribution < 1.29 is 28.2 Å². The van der Waals surface area contributed by atoms with Gasteiger partial charge in [-0.3, -0.25) is 14.4 Å². The zero-order chi connectivity index (χ0) is 21.8. The minimum absolute atomic E-state index is 0.0354. The molecule has 3 heterocycles. The van der Waals surface area contributed by atoms with Crippen LogP contribution in [0.4, 0.5) is 8.78 Å². The zero-order valence-corrected chi connectivity index (χ0v) is 16.4. The summed E-state index contributed by atoms with van der Waals surface area (Å²) in [5.74, 6) is -3.80. The number of carbonyl (C=O) groups is 2. The van der Waals surface area contributed by atoms with Crippen molar-refractivity contribution >= 4 is 11.7 Å². The average Bonchev–Trinajstić information content (AvgIpc) is 3.18. The number of rotatable bonds is 3. The van der Waals surface area contributed by atoms with Gasteiger partial charge in [0.25, 0.3) is 5.91 Å². The van der Waals surface area contributed by atoms with E-state index in [2.05, 4.69) is 5.32 Å². The Morgan fingerprint density at radius 2 is 2.03 bits per heavy atom. The first-order valence-corrected chi connectivity index (χ1v) is 9.45. The first kappa shape index (κ1) is 20.2. The highest BCUT2D eigenvalue weighted by atomic mass is 19.1. The number of aromatic hydroxyl groups is 1. The second-order valence-electron chi connectivity index (χ2n) is 8.16. The van der Waals surface area contributed by atoms with Crippen molar-refractivity contribution in [3.8, 4) is 5.75 Å². The lowest BCUT2D eigenvalue weighted by molar-refractivity contribution is 0.0606. The number of ether oxygens (including phenoxy) is 1. The molecule has 1 aromatic carbocycles. The molecule has 2 aromatic rings. The van der Waals surface area contributed by atoms with Gasteiger partial charge >= 0.3 is 0 Å². The number of benzene rings is 1. The fourth-order valence-corrected chi connectivity index (χ4v) is 4.18. The third-order valence-electron chi connectivity index (χ3n) is 6.04. The Kier molecular flexibility index (Phi) is 4.73. The lowest BCUT2D eigenvalue weighted by Crippen LogP contribution is -2.46. The molecule has 2 N–H and O–H groups in total. The highest BCUT2D eigenvalue weighted by Gasteiger charge is 2.51. The summed E-state index contributed by atoms with van der Waals surface area (Å²) in [6, 6.07) is 2.61. The van der Waals surface area contributed by atoms with Gasteiger partial charge in [0.15, 0.2) is 11.5 Å². The summed E-state index contributed by atoms with van der Waals surface area (Å²) in [5.41, 5.74) is -2.31. The summed E-state index contributed by atoms with van der Waals surface area (Å²) in [6.07, 6.45) is 1.24. The van der Waals surface area contributed by atoms with Crippen molar-refractivity contribution in [3.63, 3.8) is 0 Å². The molecule has 0 radical (unpaired) electrons. The Morgan fingerprint density at radius 3 is 2.73 bits per heavy atom. The predicted molar refractivity (Wildman–Crippen MR) is 101 cm³/mol. The Labute approximate surface area is 170 Å². The normalized spacial score (nSPS) is 21.8. The predicted octanol–water partition coefficient (Wildman–Crippen LogP) is 2.17. The van der Waals surface area contributed by atoms with Gasteiger partial charge < -0.3 is 19.7 Å². The molecule has 2 atom stereocenters. The number of nitrogens with zero attached hydrogens (tertiary/aromatic N) is 1. The molecule has 0 saturated carbocycles. The van der Waals surface area contributed by atoms with Crippen LogP contribution in [0.2, 0.25) is 0 Å². The van der Waals surface area contributed by atoms with Gasteiger partial charge in [-0.2, -0.15) is 0 Å². The van der Waals surface area contributed by atoms with Gasteiger partial charge in [0.1, 0.15) is 22.9 Å². The summed E-state index contributed by atoms with van der Waals surface area (Å²) in [5, 5.41) is 12.9. The van der Waals surface area contributed by atoms with Crippen LogP contribution >= 0.6 is 0 Å². The minimum atomic E-state index is -0.986. The summed E-state index contributed by atoms with van der Waals surface area (Å²) in [6.45, 7) is 3.83. The average molecular weight is 418 g/mol. The number of Topliss-reactive ketones (excluding diaryl/α,β-unsaturated/α-hetero) is 1. The van der Waals surface area contributed by atoms with Crippen LogP contribution in [0.15, 0.2) is 29.2 Å². The van der Waals surface area contributed by atoms with Crippen molar-refractivity contribution in [1.82, 2.24) is 9.88 Å². The van der Waals surface area contributed by atoms with E-state index in [1.54, 1.807) is 13.8 Å². The van der Waals surface area contributed by atoms with Gasteiger partial charge in [-0.15, -0.1) is 0 Å². The number of fused-ring (bicyclic) bond motifs is 3. The van der Waals surface area contributed by atoms with E-state index in [-0.39, 0.29) is 41.9 Å². The number of hydrogen-bond acceptors (Lipinski definition) is 5. The molecule has 158 valence electrons. The SMILES string of the molecule is CC1(C)C(=O)c2c(O)c(=O)c(C(=O)NCc3ccc(F)cc3F)cn2C2COCC21. The maximum atomic E-state index is 13.8. The number of nitrogens with one attached hydrogen (secondary N) is 1. The molecule has 1 aromatic heterocycles. The standard InChI is InChI=1S/C21H20F2N2O5/c1-21(2)13-8-30-9-15(13)25-7-12(17(26)18(27)16(25)19(21)28)20(29)24-6-10-3-4-11(22)5-14(10)23/h3-5,7,13,15,27H,6,8-9H2,1-2H3,(H,24,29). The Morgan fingerprint density at radius 1 is 1.30 bits per heavy atom. The van der Waals surface area contributed by atoms with Crippen molar-refractivity contribution in [1.29, 1.82) is 0 Å². The molecule has 1 saturated heterocycles. The lowest BCUT2D eigenvalue weighted by atomic mass is 9.69. The second kappa shape index (κ2) is 7.02. The van der Waals surface area contributed by atoms with E-state index < -0.39 is 39.9 Å². The molecule has 30 heavy (non-hydrogen) atoms. The molecule has 9 heteroatoms. The highest BCUT2D eigenvalue weighted by molar-refractivity contribution is 6.03. The molecule has 1 amide bonds. The monoisotopic (exact) mass is 418 g/mol. The molecule has 2 aliphatic rings. The molecule has 0 spiro atoms. The highest BCUT2D eigenvalue weighted by Crippen LogP contribution is 2.47. The quantitative estimate of drug-likeness (QED) is 0.796. The van der Waals surface area contributed by atoms with Gasteiger partial charge in [-0.25, -0.2) is 8.78 Å². The maximum absolute atomic E-state index is 13.8. The van der Waals surface area contributed by atoms with Crippen LogP contribution in [0.25, 0.3) is 0 Å². The topological polar surface area (TPSA) is 97.6 Å². The van der Waals surface area contributed by atoms with Crippen LogP contribution in [0.3, 0.4) is 0 Å². The summed E-state index contributed by atoms with van der Waals surface area (Å²) < 4.78 is 33.8. The molecular formula is C21H20F2N2O5. The molecular weight excluding hydrogens is 398 g/mol. The van der Waals surface area contributed by atoms with E-state index in [9.17, 15) is 28.3 Å². The number of ketones is 1.